The molecule has 0 spiro atoms. The Kier molecular flexibility index (Phi) is 9.38. The van der Waals surface area contributed by atoms with Gasteiger partial charge in [-0.3, -0.25) is 0 Å². The van der Waals surface area contributed by atoms with Crippen LogP contribution in [-0.4, -0.2) is 39.3 Å². The first-order chi connectivity index (χ1) is 19.2. The predicted octanol–water partition coefficient (Wildman–Crippen LogP) is 6.92. The van der Waals surface area contributed by atoms with Gasteiger partial charge in [0, 0.05) is 37.1 Å². The molecule has 4 aromatic rings. The minimum atomic E-state index is -3.72. The first-order valence-electron chi connectivity index (χ1n) is 14.0. The minimum Gasteiger partial charge on any atom is -0.508 e. The van der Waals surface area contributed by atoms with Crippen LogP contribution in [0.1, 0.15) is 61.6 Å². The van der Waals surface area contributed by atoms with Gasteiger partial charge < -0.3 is 15.1 Å². The lowest BCUT2D eigenvalue weighted by molar-refractivity contribution is 0.463. The zero-order chi connectivity index (χ0) is 28.9. The number of hydrogen-bond donors (Lipinski definition) is 3. The van der Waals surface area contributed by atoms with Gasteiger partial charge in [0.1, 0.15) is 11.5 Å². The molecule has 3 N–H and O–H groups in total. The maximum Gasteiger partial charge on any atom is 0.241 e. The van der Waals surface area contributed by atoms with Crippen LogP contribution >= 0.6 is 0 Å². The Morgan fingerprint density at radius 1 is 0.800 bits per heavy atom. The Bertz CT molecular complexity index is 1550. The number of anilines is 1. The van der Waals surface area contributed by atoms with Crippen molar-refractivity contribution in [3.63, 3.8) is 0 Å². The van der Waals surface area contributed by atoms with Gasteiger partial charge in [0.2, 0.25) is 10.0 Å². The normalized spacial score (nSPS) is 13.3. The number of benzene rings is 4. The zero-order valence-electron chi connectivity index (χ0n) is 23.8. The van der Waals surface area contributed by atoms with E-state index in [0.717, 1.165) is 35.0 Å². The maximum absolute atomic E-state index is 13.3. The summed E-state index contributed by atoms with van der Waals surface area (Å²) < 4.78 is 29.3. The average Bonchev–Trinajstić information content (AvgIpc) is 2.95. The highest BCUT2D eigenvalue weighted by molar-refractivity contribution is 7.89. The quantitative estimate of drug-likeness (QED) is 0.164. The average molecular weight is 561 g/mol. The van der Waals surface area contributed by atoms with Crippen molar-refractivity contribution in [1.82, 2.24) is 4.72 Å². The number of sulfonamides is 1. The molecule has 7 heteroatoms. The van der Waals surface area contributed by atoms with Crippen molar-refractivity contribution in [2.24, 2.45) is 0 Å². The summed E-state index contributed by atoms with van der Waals surface area (Å²) in [6.45, 7) is 4.60. The van der Waals surface area contributed by atoms with Gasteiger partial charge in [-0.25, -0.2) is 13.1 Å². The molecule has 0 radical (unpaired) electrons. The predicted molar refractivity (Wildman–Crippen MR) is 164 cm³/mol. The Labute approximate surface area is 238 Å². The van der Waals surface area contributed by atoms with Crippen molar-refractivity contribution in [3.8, 4) is 11.5 Å². The molecule has 0 amide bonds. The van der Waals surface area contributed by atoms with Crippen molar-refractivity contribution in [2.75, 3.05) is 25.5 Å². The SMILES string of the molecule is CCC(c1ccc(O)cc1)C(CC)c1ccc(O)c(CCCNS(=O)(=O)c2cccc3c(N(C)C)cccc23)c1. The molecule has 0 fully saturated rings. The second kappa shape index (κ2) is 12.7. The molecular formula is C33H40N2O4S. The van der Waals surface area contributed by atoms with Crippen LogP contribution in [0.15, 0.2) is 83.8 Å². The smallest absolute Gasteiger partial charge is 0.241 e. The third-order valence-corrected chi connectivity index (χ3v) is 9.28. The lowest BCUT2D eigenvalue weighted by Crippen LogP contribution is -2.25. The number of nitrogens with zero attached hydrogens (tertiary/aromatic N) is 1. The van der Waals surface area contributed by atoms with Gasteiger partial charge >= 0.3 is 0 Å². The van der Waals surface area contributed by atoms with E-state index in [0.29, 0.717) is 18.2 Å². The first kappa shape index (κ1) is 29.4. The minimum absolute atomic E-state index is 0.226. The fraction of sp³-hybridized carbons (Fsp3) is 0.333. The van der Waals surface area contributed by atoms with E-state index in [2.05, 4.69) is 24.6 Å². The maximum atomic E-state index is 13.3. The fourth-order valence-corrected chi connectivity index (χ4v) is 7.01. The Balaban J connectivity index is 1.47. The molecule has 4 rings (SSSR count). The van der Waals surface area contributed by atoms with E-state index >= 15 is 0 Å². The van der Waals surface area contributed by atoms with Crippen LogP contribution < -0.4 is 9.62 Å². The van der Waals surface area contributed by atoms with Crippen molar-refractivity contribution in [2.45, 2.75) is 56.3 Å². The van der Waals surface area contributed by atoms with Gasteiger partial charge in [-0.2, -0.15) is 0 Å². The number of hydrogen-bond acceptors (Lipinski definition) is 5. The molecule has 0 saturated heterocycles. The summed E-state index contributed by atoms with van der Waals surface area (Å²) in [6, 6.07) is 24.3. The number of rotatable bonds is 12. The molecule has 0 saturated carbocycles. The van der Waals surface area contributed by atoms with Crippen LogP contribution in [-0.2, 0) is 16.4 Å². The number of nitrogens with one attached hydrogen (secondary N) is 1. The van der Waals surface area contributed by atoms with E-state index in [4.69, 9.17) is 0 Å². The van der Waals surface area contributed by atoms with Crippen LogP contribution in [0.3, 0.4) is 0 Å². The van der Waals surface area contributed by atoms with E-state index in [9.17, 15) is 18.6 Å². The van der Waals surface area contributed by atoms with E-state index in [-0.39, 0.29) is 34.8 Å². The zero-order valence-corrected chi connectivity index (χ0v) is 24.6. The molecule has 0 heterocycles. The molecule has 2 unspecified atom stereocenters. The first-order valence-corrected chi connectivity index (χ1v) is 15.4. The van der Waals surface area contributed by atoms with Crippen LogP contribution in [0, 0.1) is 0 Å². The molecule has 4 aromatic carbocycles. The summed E-state index contributed by atoms with van der Waals surface area (Å²) in [5, 5.41) is 21.9. The second-order valence-electron chi connectivity index (χ2n) is 10.5. The topological polar surface area (TPSA) is 89.9 Å². The number of fused-ring (bicyclic) bond motifs is 1. The number of aromatic hydroxyl groups is 2. The van der Waals surface area contributed by atoms with Gasteiger partial charge in [-0.05, 0) is 84.5 Å². The van der Waals surface area contributed by atoms with E-state index in [1.807, 2.05) is 61.5 Å². The summed E-state index contributed by atoms with van der Waals surface area (Å²) in [4.78, 5) is 2.24. The Morgan fingerprint density at radius 2 is 1.43 bits per heavy atom. The van der Waals surface area contributed by atoms with Crippen LogP contribution in [0.4, 0.5) is 5.69 Å². The third-order valence-electron chi connectivity index (χ3n) is 7.76. The lowest BCUT2D eigenvalue weighted by atomic mass is 9.78. The van der Waals surface area contributed by atoms with Crippen LogP contribution in [0.25, 0.3) is 10.8 Å². The van der Waals surface area contributed by atoms with Gasteiger partial charge in [0.15, 0.2) is 0 Å². The standard InChI is InChI=1S/C33H40N2O4S/c1-5-27(23-15-18-26(36)19-16-23)28(6-2)24-17-20-32(37)25(22-24)10-9-21-34-40(38,39)33-14-8-11-29-30(33)12-7-13-31(29)35(3)4/h7-8,11-20,22,27-28,34,36-37H,5-6,9-10,21H2,1-4H3. The highest BCUT2D eigenvalue weighted by Crippen LogP contribution is 2.39. The monoisotopic (exact) mass is 560 g/mol. The van der Waals surface area contributed by atoms with Crippen LogP contribution in [0.2, 0.25) is 0 Å². The van der Waals surface area contributed by atoms with E-state index in [1.54, 1.807) is 30.3 Å². The van der Waals surface area contributed by atoms with Gasteiger partial charge in [-0.15, -0.1) is 0 Å². The largest absolute Gasteiger partial charge is 0.508 e. The molecule has 40 heavy (non-hydrogen) atoms. The summed E-state index contributed by atoms with van der Waals surface area (Å²) in [6.07, 6.45) is 2.99. The highest BCUT2D eigenvalue weighted by atomic mass is 32.2. The molecule has 0 aromatic heterocycles. The summed E-state index contributed by atoms with van der Waals surface area (Å²) in [5.41, 5.74) is 4.12. The second-order valence-corrected chi connectivity index (χ2v) is 12.3. The van der Waals surface area contributed by atoms with Crippen molar-refractivity contribution >= 4 is 26.5 Å². The lowest BCUT2D eigenvalue weighted by Gasteiger charge is -2.27. The highest BCUT2D eigenvalue weighted by Gasteiger charge is 2.23. The Morgan fingerprint density at radius 3 is 2.10 bits per heavy atom. The summed E-state index contributed by atoms with van der Waals surface area (Å²) in [7, 11) is 0.166. The van der Waals surface area contributed by atoms with Crippen LogP contribution in [0.5, 0.6) is 11.5 Å². The molecule has 6 nitrogen and oxygen atoms in total. The van der Waals surface area contributed by atoms with Gasteiger partial charge in [0.05, 0.1) is 4.90 Å². The molecule has 0 bridgehead atoms. The molecule has 2 atom stereocenters. The van der Waals surface area contributed by atoms with Crippen molar-refractivity contribution in [1.29, 1.82) is 0 Å². The summed E-state index contributed by atoms with van der Waals surface area (Å²) in [5.74, 6) is 1.02. The van der Waals surface area contributed by atoms with E-state index < -0.39 is 10.0 Å². The molecule has 212 valence electrons. The number of phenols is 2. The molecule has 0 aliphatic heterocycles. The molecule has 0 aliphatic carbocycles. The van der Waals surface area contributed by atoms with E-state index in [1.165, 1.54) is 5.56 Å². The third kappa shape index (κ3) is 6.43. The summed E-state index contributed by atoms with van der Waals surface area (Å²) >= 11 is 0. The molecule has 0 aliphatic rings. The Hall–Kier alpha value is -3.55. The fourth-order valence-electron chi connectivity index (χ4n) is 5.71. The van der Waals surface area contributed by atoms with Crippen molar-refractivity contribution < 1.29 is 18.6 Å². The molecular weight excluding hydrogens is 520 g/mol. The van der Waals surface area contributed by atoms with Crippen molar-refractivity contribution in [3.05, 3.63) is 95.6 Å². The number of aryl methyl sites for hydroxylation is 1. The van der Waals surface area contributed by atoms with Gasteiger partial charge in [-0.1, -0.05) is 62.4 Å². The van der Waals surface area contributed by atoms with Gasteiger partial charge in [0.25, 0.3) is 0 Å². The number of phenolic OH excluding ortho intramolecular Hbond substituents is 2.